The van der Waals surface area contributed by atoms with Crippen LogP contribution in [0.2, 0.25) is 0 Å². The lowest BCUT2D eigenvalue weighted by atomic mass is 9.91. The Hall–Kier alpha value is -2.50. The molecule has 1 aliphatic rings. The van der Waals surface area contributed by atoms with Crippen molar-refractivity contribution in [1.29, 1.82) is 10.5 Å². The summed E-state index contributed by atoms with van der Waals surface area (Å²) in [5.41, 5.74) is 6.99. The third kappa shape index (κ3) is 3.98. The van der Waals surface area contributed by atoms with Gasteiger partial charge in [0, 0.05) is 17.8 Å². The van der Waals surface area contributed by atoms with Crippen molar-refractivity contribution in [2.24, 2.45) is 5.73 Å². The van der Waals surface area contributed by atoms with Crippen molar-refractivity contribution in [2.75, 3.05) is 5.32 Å². The van der Waals surface area contributed by atoms with E-state index >= 15 is 0 Å². The summed E-state index contributed by atoms with van der Waals surface area (Å²) in [5, 5.41) is 24.6. The van der Waals surface area contributed by atoms with E-state index in [0.717, 1.165) is 31.4 Å². The van der Waals surface area contributed by atoms with E-state index in [1.807, 2.05) is 42.5 Å². The number of rotatable bonds is 4. The van der Waals surface area contributed by atoms with Gasteiger partial charge in [-0.3, -0.25) is 0 Å². The van der Waals surface area contributed by atoms with Crippen molar-refractivity contribution < 1.29 is 0 Å². The highest BCUT2D eigenvalue weighted by molar-refractivity contribution is 5.53. The molecule has 21 heavy (non-hydrogen) atoms. The van der Waals surface area contributed by atoms with Gasteiger partial charge in [0.15, 0.2) is 5.57 Å². The van der Waals surface area contributed by atoms with Crippen molar-refractivity contribution in [3.05, 3.63) is 41.7 Å². The molecular weight excluding hydrogens is 262 g/mol. The van der Waals surface area contributed by atoms with Gasteiger partial charge in [-0.15, -0.1) is 0 Å². The summed E-state index contributed by atoms with van der Waals surface area (Å²) in [5.74, 6) is 0.438. The van der Waals surface area contributed by atoms with Crippen LogP contribution in [0.5, 0.6) is 0 Å². The second-order valence-corrected chi connectivity index (χ2v) is 5.16. The smallest absolute Gasteiger partial charge is 0.169 e. The fourth-order valence-electron chi connectivity index (χ4n) is 2.50. The van der Waals surface area contributed by atoms with E-state index in [4.69, 9.17) is 16.3 Å². The summed E-state index contributed by atoms with van der Waals surface area (Å²) in [6, 6.07) is 13.5. The Balaban J connectivity index is 2.19. The normalized spacial score (nSPS) is 20.7. The summed E-state index contributed by atoms with van der Waals surface area (Å²) in [4.78, 5) is 0. The van der Waals surface area contributed by atoms with E-state index in [9.17, 15) is 0 Å². The Bertz CT molecular complexity index is 563. The van der Waals surface area contributed by atoms with Crippen LogP contribution in [-0.2, 0) is 0 Å². The highest BCUT2D eigenvalue weighted by Gasteiger charge is 2.23. The molecule has 1 saturated carbocycles. The van der Waals surface area contributed by atoms with Crippen LogP contribution >= 0.6 is 0 Å². The van der Waals surface area contributed by atoms with Gasteiger partial charge in [0.2, 0.25) is 0 Å². The lowest BCUT2D eigenvalue weighted by Gasteiger charge is -2.31. The molecule has 0 spiro atoms. The van der Waals surface area contributed by atoms with Crippen LogP contribution in [0, 0.1) is 22.7 Å². The minimum absolute atomic E-state index is 0.0385. The van der Waals surface area contributed by atoms with Gasteiger partial charge in [-0.1, -0.05) is 31.0 Å². The molecule has 1 aliphatic carbocycles. The molecular formula is C16H19N5. The molecule has 0 amide bonds. The van der Waals surface area contributed by atoms with Gasteiger partial charge in [0.05, 0.1) is 0 Å². The average molecular weight is 281 g/mol. The minimum atomic E-state index is 0.0385. The molecule has 2 rings (SSSR count). The van der Waals surface area contributed by atoms with Crippen LogP contribution in [0.25, 0.3) is 0 Å². The number of anilines is 1. The molecule has 0 heterocycles. The average Bonchev–Trinajstić information content (AvgIpc) is 2.51. The number of nitriles is 2. The lowest BCUT2D eigenvalue weighted by Crippen LogP contribution is -2.47. The molecule has 4 N–H and O–H groups in total. The summed E-state index contributed by atoms with van der Waals surface area (Å²) in [7, 11) is 0. The largest absolute Gasteiger partial charge is 0.366 e. The van der Waals surface area contributed by atoms with Gasteiger partial charge in [-0.2, -0.15) is 10.5 Å². The zero-order valence-corrected chi connectivity index (χ0v) is 11.8. The highest BCUT2D eigenvalue weighted by atomic mass is 15.1. The van der Waals surface area contributed by atoms with Crippen molar-refractivity contribution in [3.63, 3.8) is 0 Å². The quantitative estimate of drug-likeness (QED) is 0.735. The number of nitrogens with zero attached hydrogens (tertiary/aromatic N) is 2. The molecule has 108 valence electrons. The molecule has 5 heteroatoms. The molecule has 0 aromatic heterocycles. The molecule has 0 unspecified atom stereocenters. The predicted molar refractivity (Wildman–Crippen MR) is 81.7 cm³/mol. The predicted octanol–water partition coefficient (Wildman–Crippen LogP) is 2.22. The van der Waals surface area contributed by atoms with Gasteiger partial charge in [0.25, 0.3) is 0 Å². The highest BCUT2D eigenvalue weighted by Crippen LogP contribution is 2.19. The maximum absolute atomic E-state index is 9.13. The van der Waals surface area contributed by atoms with E-state index < -0.39 is 0 Å². The third-order valence-electron chi connectivity index (χ3n) is 3.67. The van der Waals surface area contributed by atoms with Gasteiger partial charge in [0.1, 0.15) is 18.0 Å². The van der Waals surface area contributed by atoms with Crippen molar-refractivity contribution in [2.45, 2.75) is 37.8 Å². The minimum Gasteiger partial charge on any atom is -0.366 e. The van der Waals surface area contributed by atoms with Gasteiger partial charge >= 0.3 is 0 Å². The Morgan fingerprint density at radius 2 is 1.76 bits per heavy atom. The van der Waals surface area contributed by atoms with E-state index in [0.29, 0.717) is 5.82 Å². The van der Waals surface area contributed by atoms with E-state index in [1.165, 1.54) is 0 Å². The molecule has 1 aromatic carbocycles. The number of hydrogen-bond acceptors (Lipinski definition) is 5. The van der Waals surface area contributed by atoms with Gasteiger partial charge in [-0.05, 0) is 25.0 Å². The maximum atomic E-state index is 9.13. The van der Waals surface area contributed by atoms with Crippen molar-refractivity contribution in [1.82, 2.24) is 5.32 Å². The summed E-state index contributed by atoms with van der Waals surface area (Å²) < 4.78 is 0. The third-order valence-corrected chi connectivity index (χ3v) is 3.67. The van der Waals surface area contributed by atoms with Crippen LogP contribution in [0.1, 0.15) is 25.7 Å². The summed E-state index contributed by atoms with van der Waals surface area (Å²) in [6.45, 7) is 0. The van der Waals surface area contributed by atoms with Crippen LogP contribution in [0.3, 0.4) is 0 Å². The standard InChI is InChI=1S/C16H19N5/c17-10-12(11-18)16(20-13-6-2-1-3-7-13)21-15-9-5-4-8-14(15)19/h1-3,6-7,14-15,20-21H,4-5,8-9,19H2/t14-,15-/m1/s1. The van der Waals surface area contributed by atoms with Gasteiger partial charge < -0.3 is 16.4 Å². The zero-order valence-electron chi connectivity index (χ0n) is 11.8. The first-order chi connectivity index (χ1) is 10.2. The monoisotopic (exact) mass is 281 g/mol. The first-order valence-corrected chi connectivity index (χ1v) is 7.13. The topological polar surface area (TPSA) is 97.7 Å². The Morgan fingerprint density at radius 1 is 1.10 bits per heavy atom. The van der Waals surface area contributed by atoms with E-state index in [2.05, 4.69) is 10.6 Å². The molecule has 5 nitrogen and oxygen atoms in total. The first kappa shape index (κ1) is 14.9. The van der Waals surface area contributed by atoms with Crippen LogP contribution in [0.15, 0.2) is 41.7 Å². The number of nitrogens with one attached hydrogen (secondary N) is 2. The Kier molecular flexibility index (Phi) is 5.20. The number of allylic oxidation sites excluding steroid dienone is 1. The molecule has 1 aromatic rings. The van der Waals surface area contributed by atoms with Gasteiger partial charge in [-0.25, -0.2) is 0 Å². The fourth-order valence-corrected chi connectivity index (χ4v) is 2.50. The summed E-state index contributed by atoms with van der Waals surface area (Å²) in [6.07, 6.45) is 4.16. The molecule has 0 bridgehead atoms. The number of para-hydroxylation sites is 1. The van der Waals surface area contributed by atoms with Crippen LogP contribution < -0.4 is 16.4 Å². The second-order valence-electron chi connectivity index (χ2n) is 5.16. The molecule has 2 atom stereocenters. The van der Waals surface area contributed by atoms with E-state index in [1.54, 1.807) is 0 Å². The number of hydrogen-bond donors (Lipinski definition) is 3. The van der Waals surface area contributed by atoms with Crippen LogP contribution in [0.4, 0.5) is 5.69 Å². The second kappa shape index (κ2) is 7.33. The number of benzene rings is 1. The SMILES string of the molecule is N#CC(C#N)=C(Nc1ccccc1)N[C@@H]1CCCC[C@H]1N. The zero-order chi connectivity index (χ0) is 15.1. The fraction of sp³-hybridized carbons (Fsp3) is 0.375. The lowest BCUT2D eigenvalue weighted by molar-refractivity contribution is 0.347. The van der Waals surface area contributed by atoms with E-state index in [-0.39, 0.29) is 17.7 Å². The molecule has 0 aliphatic heterocycles. The Labute approximate surface area is 125 Å². The Morgan fingerprint density at radius 3 is 2.38 bits per heavy atom. The maximum Gasteiger partial charge on any atom is 0.169 e. The van der Waals surface area contributed by atoms with Crippen molar-refractivity contribution >= 4 is 5.69 Å². The molecule has 1 fully saturated rings. The van der Waals surface area contributed by atoms with Crippen molar-refractivity contribution in [3.8, 4) is 12.1 Å². The first-order valence-electron chi connectivity index (χ1n) is 7.13. The molecule has 0 saturated heterocycles. The van der Waals surface area contributed by atoms with Crippen LogP contribution in [-0.4, -0.2) is 12.1 Å². The summed E-state index contributed by atoms with van der Waals surface area (Å²) >= 11 is 0. The number of nitrogens with two attached hydrogens (primary N) is 1. The molecule has 0 radical (unpaired) electrons.